The van der Waals surface area contributed by atoms with Crippen molar-refractivity contribution in [3.63, 3.8) is 0 Å². The van der Waals surface area contributed by atoms with E-state index in [1.54, 1.807) is 17.1 Å². The summed E-state index contributed by atoms with van der Waals surface area (Å²) in [6.07, 6.45) is 11.5. The summed E-state index contributed by atoms with van der Waals surface area (Å²) in [5.74, 6) is -0.770. The van der Waals surface area contributed by atoms with Crippen LogP contribution in [-0.2, 0) is 28.6 Å². The van der Waals surface area contributed by atoms with Gasteiger partial charge in [-0.2, -0.15) is 0 Å². The summed E-state index contributed by atoms with van der Waals surface area (Å²) in [4.78, 5) is 56.0. The molecular weight excluding hydrogens is 602 g/mol. The Bertz CT molecular complexity index is 1350. The van der Waals surface area contributed by atoms with E-state index in [-0.39, 0.29) is 47.8 Å². The van der Waals surface area contributed by atoms with Gasteiger partial charge in [-0.1, -0.05) is 44.8 Å². The Morgan fingerprint density at radius 3 is 2.57 bits per heavy atom. The molecule has 258 valence electrons. The number of carbonyl (C=O) groups is 4. The number of piperazine rings is 1. The summed E-state index contributed by atoms with van der Waals surface area (Å²) in [6, 6.07) is -0.323. The Labute approximate surface area is 277 Å². The maximum atomic E-state index is 14.5. The molecule has 11 nitrogen and oxygen atoms in total. The predicted molar refractivity (Wildman–Crippen MR) is 171 cm³/mol. The summed E-state index contributed by atoms with van der Waals surface area (Å²) in [7, 11) is 2.00. The number of urea groups is 1. The molecule has 0 radical (unpaired) electrons. The number of nitrogens with zero attached hydrogens (tertiary/aromatic N) is 2. The number of likely N-dealkylation sites (N-methyl/N-ethyl adjacent to an activating group) is 1. The van der Waals surface area contributed by atoms with Crippen LogP contribution in [0.4, 0.5) is 4.79 Å². The van der Waals surface area contributed by atoms with E-state index in [4.69, 9.17) is 14.2 Å². The van der Waals surface area contributed by atoms with Crippen molar-refractivity contribution in [2.24, 2.45) is 34.5 Å². The number of Topliss-reactive ketones (excluding diaryl/α,β-unsaturated/α-hetero) is 1. The van der Waals surface area contributed by atoms with Crippen LogP contribution in [0.2, 0.25) is 0 Å². The van der Waals surface area contributed by atoms with Crippen LogP contribution < -0.4 is 5.32 Å². The van der Waals surface area contributed by atoms with Gasteiger partial charge in [0.05, 0.1) is 12.2 Å². The van der Waals surface area contributed by atoms with Gasteiger partial charge in [0.1, 0.15) is 6.54 Å². The van der Waals surface area contributed by atoms with Crippen LogP contribution in [0.25, 0.3) is 0 Å². The molecule has 0 aromatic carbocycles. The molecule has 2 heterocycles. The topological polar surface area (TPSA) is 135 Å². The third kappa shape index (κ3) is 5.40. The first-order valence-electron chi connectivity index (χ1n) is 17.8. The van der Waals surface area contributed by atoms with Gasteiger partial charge in [0.2, 0.25) is 5.78 Å². The van der Waals surface area contributed by atoms with Crippen LogP contribution >= 0.6 is 0 Å². The highest BCUT2D eigenvalue weighted by Gasteiger charge is 2.76. The molecule has 2 aliphatic heterocycles. The molecule has 0 bridgehead atoms. The Balaban J connectivity index is 1.10. The summed E-state index contributed by atoms with van der Waals surface area (Å²) < 4.78 is 19.2. The molecule has 7 rings (SSSR count). The van der Waals surface area contributed by atoms with E-state index in [0.29, 0.717) is 25.9 Å². The number of ether oxygens (including phenoxy) is 3. The first-order valence-corrected chi connectivity index (χ1v) is 17.8. The summed E-state index contributed by atoms with van der Waals surface area (Å²) in [5, 5.41) is 14.6. The predicted octanol–water partition coefficient (Wildman–Crippen LogP) is 3.00. The molecule has 4 saturated carbocycles. The maximum absolute atomic E-state index is 14.5. The maximum Gasteiger partial charge on any atom is 0.325 e. The minimum Gasteiger partial charge on any atom is -0.456 e. The van der Waals surface area contributed by atoms with E-state index >= 15 is 0 Å². The molecule has 2 saturated heterocycles. The summed E-state index contributed by atoms with van der Waals surface area (Å²) in [6.45, 7) is 6.09. The van der Waals surface area contributed by atoms with Crippen molar-refractivity contribution in [1.82, 2.24) is 15.1 Å². The first-order chi connectivity index (χ1) is 22.5. The second kappa shape index (κ2) is 12.4. The zero-order valence-corrected chi connectivity index (χ0v) is 28.1. The Kier molecular flexibility index (Phi) is 8.67. The number of aliphatic hydroxyl groups excluding tert-OH is 1. The zero-order chi connectivity index (χ0) is 33.1. The van der Waals surface area contributed by atoms with Gasteiger partial charge in [-0.05, 0) is 69.6 Å². The van der Waals surface area contributed by atoms with Crippen LogP contribution in [0.1, 0.15) is 71.6 Å². The molecule has 0 unspecified atom stereocenters. The van der Waals surface area contributed by atoms with Gasteiger partial charge in [-0.25, -0.2) is 4.79 Å². The molecule has 47 heavy (non-hydrogen) atoms. The van der Waals surface area contributed by atoms with Crippen LogP contribution in [0, 0.1) is 34.5 Å². The van der Waals surface area contributed by atoms with E-state index in [1.807, 2.05) is 13.1 Å². The third-order valence-corrected chi connectivity index (χ3v) is 13.2. The Hall–Kier alpha value is -2.60. The lowest BCUT2D eigenvalue weighted by Gasteiger charge is -2.59. The number of allylic oxidation sites excluding steroid dienone is 4. The highest BCUT2D eigenvalue weighted by atomic mass is 16.7. The SMILES string of the molecule is CN1CCN(C(=O)NCC(=O)OCC(=O)[C@@]23O[C@H](C4CCCCC4)O[C@@H]2C[C@H]2[C@@H]4CCC5=CC(=O)C=C[C@]5(C)[C@H]4[C@@H](O)C[C@@]23C)CC1. The average Bonchev–Trinajstić information content (AvgIpc) is 3.56. The average molecular weight is 654 g/mol. The lowest BCUT2D eigenvalue weighted by molar-refractivity contribution is -0.210. The molecule has 0 aromatic rings. The molecule has 0 spiro atoms. The van der Waals surface area contributed by atoms with E-state index in [2.05, 4.69) is 24.1 Å². The van der Waals surface area contributed by atoms with Gasteiger partial charge < -0.3 is 34.4 Å². The van der Waals surface area contributed by atoms with Gasteiger partial charge in [0.25, 0.3) is 0 Å². The number of amides is 2. The fourth-order valence-corrected chi connectivity index (χ4v) is 10.8. The fourth-order valence-electron chi connectivity index (χ4n) is 10.8. The number of fused-ring (bicyclic) bond motifs is 7. The van der Waals surface area contributed by atoms with E-state index in [9.17, 15) is 24.3 Å². The molecule has 2 N–H and O–H groups in total. The highest BCUT2D eigenvalue weighted by Crippen LogP contribution is 2.70. The molecule has 0 aromatic heterocycles. The van der Waals surface area contributed by atoms with Gasteiger partial charge >= 0.3 is 12.0 Å². The molecular formula is C36H51N3O8. The van der Waals surface area contributed by atoms with Crippen molar-refractivity contribution in [2.45, 2.75) is 95.7 Å². The molecule has 6 fully saturated rings. The highest BCUT2D eigenvalue weighted by molar-refractivity contribution is 6.01. The van der Waals surface area contributed by atoms with E-state index < -0.39 is 47.5 Å². The zero-order valence-electron chi connectivity index (χ0n) is 28.1. The Morgan fingerprint density at radius 2 is 1.83 bits per heavy atom. The number of aliphatic hydroxyl groups is 1. The molecule has 11 heteroatoms. The first kappa shape index (κ1) is 32.9. The van der Waals surface area contributed by atoms with Crippen LogP contribution in [0.5, 0.6) is 0 Å². The molecule has 5 aliphatic carbocycles. The number of ketones is 2. The number of rotatable bonds is 6. The lowest BCUT2D eigenvalue weighted by atomic mass is 9.46. The van der Waals surface area contributed by atoms with Crippen LogP contribution in [0.3, 0.4) is 0 Å². The minimum atomic E-state index is -1.36. The van der Waals surface area contributed by atoms with Crippen molar-refractivity contribution in [3.05, 3.63) is 23.8 Å². The molecule has 7 aliphatic rings. The van der Waals surface area contributed by atoms with Crippen molar-refractivity contribution >= 4 is 23.6 Å². The smallest absolute Gasteiger partial charge is 0.325 e. The van der Waals surface area contributed by atoms with Crippen LogP contribution in [-0.4, -0.2) is 109 Å². The number of esters is 1. The van der Waals surface area contributed by atoms with Crippen molar-refractivity contribution in [3.8, 4) is 0 Å². The van der Waals surface area contributed by atoms with Gasteiger partial charge in [0.15, 0.2) is 24.3 Å². The summed E-state index contributed by atoms with van der Waals surface area (Å²) in [5.41, 5.74) is -1.45. The normalized spacial score (nSPS) is 41.7. The van der Waals surface area contributed by atoms with Crippen LogP contribution in [0.15, 0.2) is 23.8 Å². The molecule has 9 atom stereocenters. The second-order valence-corrected chi connectivity index (χ2v) is 15.7. The quantitative estimate of drug-likeness (QED) is 0.415. The fraction of sp³-hybridized carbons (Fsp3) is 0.778. The minimum absolute atomic E-state index is 0.00462. The number of carbonyl (C=O) groups excluding carboxylic acids is 4. The molecule has 2 amide bonds. The second-order valence-electron chi connectivity index (χ2n) is 15.7. The summed E-state index contributed by atoms with van der Waals surface area (Å²) >= 11 is 0. The Morgan fingerprint density at radius 1 is 1.09 bits per heavy atom. The van der Waals surface area contributed by atoms with Gasteiger partial charge in [-0.3, -0.25) is 14.4 Å². The number of hydrogen-bond acceptors (Lipinski definition) is 9. The monoisotopic (exact) mass is 653 g/mol. The van der Waals surface area contributed by atoms with E-state index in [0.717, 1.165) is 57.2 Å². The standard InChI is InChI=1S/C36H51N3O8/c1-34-12-11-24(40)17-23(34)9-10-25-26-18-29-36(35(26,2)19-27(41)31(25)34,47-32(46-29)22-7-5-4-6-8-22)28(42)21-45-30(43)20-37-33(44)39-15-13-38(3)14-16-39/h11-12,17,22,25-27,29,31-32,41H,4-10,13-16,18-21H2,1-3H3,(H,37,44)/t25-,26-,27-,29+,31+,32+,34-,35-,36+/m0/s1. The van der Waals surface area contributed by atoms with Gasteiger partial charge in [0, 0.05) is 48.8 Å². The van der Waals surface area contributed by atoms with Crippen molar-refractivity contribution < 1.29 is 38.5 Å². The largest absolute Gasteiger partial charge is 0.456 e. The van der Waals surface area contributed by atoms with Gasteiger partial charge in [-0.15, -0.1) is 0 Å². The van der Waals surface area contributed by atoms with E-state index in [1.165, 1.54) is 6.42 Å². The number of hydrogen-bond donors (Lipinski definition) is 2. The third-order valence-electron chi connectivity index (χ3n) is 13.2. The lowest BCUT2D eigenvalue weighted by Crippen LogP contribution is -2.63. The number of nitrogens with one attached hydrogen (secondary N) is 1. The van der Waals surface area contributed by atoms with Crippen molar-refractivity contribution in [2.75, 3.05) is 46.4 Å². The van der Waals surface area contributed by atoms with Crippen molar-refractivity contribution in [1.29, 1.82) is 0 Å².